The van der Waals surface area contributed by atoms with Crippen LogP contribution in [-0.4, -0.2) is 5.11 Å². The van der Waals surface area contributed by atoms with Gasteiger partial charge in [-0.05, 0) is 42.5 Å². The van der Waals surface area contributed by atoms with Gasteiger partial charge in [-0.15, -0.1) is 0 Å². The summed E-state index contributed by atoms with van der Waals surface area (Å²) < 4.78 is 0. The van der Waals surface area contributed by atoms with Gasteiger partial charge >= 0.3 is 0 Å². The Morgan fingerprint density at radius 1 is 0.789 bits per heavy atom. The molecule has 0 heterocycles. The molecule has 5 heteroatoms. The van der Waals surface area contributed by atoms with Crippen LogP contribution < -0.4 is 0 Å². The third-order valence-electron chi connectivity index (χ3n) is 2.37. The first-order valence-corrected chi connectivity index (χ1v) is 5.38. The summed E-state index contributed by atoms with van der Waals surface area (Å²) in [7, 11) is 0. The minimum Gasteiger partial charge on any atom is -0.508 e. The Morgan fingerprint density at radius 2 is 1.37 bits per heavy atom. The van der Waals surface area contributed by atoms with Crippen molar-refractivity contribution in [3.05, 3.63) is 53.6 Å². The molecule has 0 unspecified atom stereocenters. The molecule has 0 saturated heterocycles. The second-order valence-electron chi connectivity index (χ2n) is 3.67. The van der Waals surface area contributed by atoms with E-state index in [2.05, 4.69) is 10.2 Å². The van der Waals surface area contributed by atoms with Gasteiger partial charge in [-0.2, -0.15) is 20.8 Å². The smallest absolute Gasteiger partial charge is 0.115 e. The number of aromatic hydroxyl groups is 1. The third-order valence-corrected chi connectivity index (χ3v) is 2.37. The number of hydrogen-bond donors (Lipinski definition) is 1. The van der Waals surface area contributed by atoms with Crippen molar-refractivity contribution in [1.29, 1.82) is 10.5 Å². The van der Waals surface area contributed by atoms with Gasteiger partial charge in [0.25, 0.3) is 0 Å². The van der Waals surface area contributed by atoms with Crippen LogP contribution in [0.1, 0.15) is 11.1 Å². The van der Waals surface area contributed by atoms with Crippen LogP contribution in [-0.2, 0) is 0 Å². The maximum absolute atomic E-state index is 9.13. The van der Waals surface area contributed by atoms with Gasteiger partial charge in [-0.1, -0.05) is 0 Å². The summed E-state index contributed by atoms with van der Waals surface area (Å²) in [6.07, 6.45) is 0. The number of phenols is 1. The first-order chi connectivity index (χ1) is 9.22. The van der Waals surface area contributed by atoms with Crippen LogP contribution in [0.15, 0.2) is 52.7 Å². The summed E-state index contributed by atoms with van der Waals surface area (Å²) >= 11 is 0. The van der Waals surface area contributed by atoms with Crippen LogP contribution in [0, 0.1) is 22.7 Å². The molecule has 0 spiro atoms. The highest BCUT2D eigenvalue weighted by Gasteiger charge is 2.02. The van der Waals surface area contributed by atoms with E-state index in [9.17, 15) is 0 Å². The molecule has 2 rings (SSSR count). The minimum absolute atomic E-state index is 0.157. The molecule has 0 atom stereocenters. The van der Waals surface area contributed by atoms with Crippen molar-refractivity contribution < 1.29 is 5.11 Å². The molecule has 0 aliphatic heterocycles. The molecule has 0 aliphatic carbocycles. The fourth-order valence-electron chi connectivity index (χ4n) is 1.42. The Labute approximate surface area is 109 Å². The fraction of sp³-hybridized carbons (Fsp3) is 0. The predicted molar refractivity (Wildman–Crippen MR) is 68.2 cm³/mol. The zero-order valence-electron chi connectivity index (χ0n) is 9.78. The summed E-state index contributed by atoms with van der Waals surface area (Å²) in [4.78, 5) is 0. The largest absolute Gasteiger partial charge is 0.508 e. The molecule has 0 amide bonds. The Bertz CT molecular complexity index is 706. The van der Waals surface area contributed by atoms with E-state index in [0.717, 1.165) is 0 Å². The first kappa shape index (κ1) is 12.3. The average molecular weight is 248 g/mol. The predicted octanol–water partition coefficient (Wildman–Crippen LogP) is 3.55. The normalized spacial score (nSPS) is 10.0. The van der Waals surface area contributed by atoms with E-state index < -0.39 is 0 Å². The number of azo groups is 1. The molecule has 0 aromatic heterocycles. The summed E-state index contributed by atoms with van der Waals surface area (Å²) in [6.45, 7) is 0. The number of nitriles is 2. The molecule has 2 aromatic rings. The van der Waals surface area contributed by atoms with Crippen LogP contribution in [0.2, 0.25) is 0 Å². The monoisotopic (exact) mass is 248 g/mol. The van der Waals surface area contributed by atoms with Crippen LogP contribution in [0.5, 0.6) is 5.75 Å². The highest BCUT2D eigenvalue weighted by Crippen LogP contribution is 2.22. The summed E-state index contributed by atoms with van der Waals surface area (Å²) in [5.41, 5.74) is 1.65. The summed E-state index contributed by atoms with van der Waals surface area (Å²) in [6, 6.07) is 14.8. The SMILES string of the molecule is N#Cc1ccc(N=Nc2ccc(O)cc2)cc1C#N. The molecule has 19 heavy (non-hydrogen) atoms. The number of hydrogen-bond acceptors (Lipinski definition) is 5. The first-order valence-electron chi connectivity index (χ1n) is 5.38. The molecule has 1 N–H and O–H groups in total. The van der Waals surface area contributed by atoms with E-state index >= 15 is 0 Å². The highest BCUT2D eigenvalue weighted by atomic mass is 16.3. The lowest BCUT2D eigenvalue weighted by Crippen LogP contribution is -1.81. The van der Waals surface area contributed by atoms with Crippen molar-refractivity contribution in [3.63, 3.8) is 0 Å². The van der Waals surface area contributed by atoms with E-state index in [0.29, 0.717) is 16.9 Å². The maximum Gasteiger partial charge on any atom is 0.115 e. The molecule has 0 radical (unpaired) electrons. The Balaban J connectivity index is 2.27. The second kappa shape index (κ2) is 5.44. The zero-order chi connectivity index (χ0) is 13.7. The van der Waals surface area contributed by atoms with Gasteiger partial charge in [-0.25, -0.2) is 0 Å². The fourth-order valence-corrected chi connectivity index (χ4v) is 1.42. The molecular formula is C14H8N4O. The Hall–Kier alpha value is -3.18. The van der Waals surface area contributed by atoms with E-state index in [1.807, 2.05) is 12.1 Å². The van der Waals surface area contributed by atoms with Crippen molar-refractivity contribution in [1.82, 2.24) is 0 Å². The van der Waals surface area contributed by atoms with E-state index in [1.165, 1.54) is 24.3 Å². The quantitative estimate of drug-likeness (QED) is 0.823. The van der Waals surface area contributed by atoms with Gasteiger partial charge in [-0.3, -0.25) is 0 Å². The van der Waals surface area contributed by atoms with Crippen LogP contribution in [0.25, 0.3) is 0 Å². The number of benzene rings is 2. The van der Waals surface area contributed by atoms with Gasteiger partial charge in [0, 0.05) is 0 Å². The summed E-state index contributed by atoms with van der Waals surface area (Å²) in [5, 5.41) is 34.8. The van der Waals surface area contributed by atoms with Crippen molar-refractivity contribution in [3.8, 4) is 17.9 Å². The average Bonchev–Trinajstić information content (AvgIpc) is 2.46. The van der Waals surface area contributed by atoms with E-state index in [-0.39, 0.29) is 11.3 Å². The van der Waals surface area contributed by atoms with Gasteiger partial charge in [0.15, 0.2) is 0 Å². The Morgan fingerprint density at radius 3 is 2.00 bits per heavy atom. The van der Waals surface area contributed by atoms with E-state index in [1.54, 1.807) is 18.2 Å². The molecule has 0 fully saturated rings. The highest BCUT2D eigenvalue weighted by molar-refractivity contribution is 5.53. The number of phenolic OH excluding ortho intramolecular Hbond substituents is 1. The third kappa shape index (κ3) is 2.93. The minimum atomic E-state index is 0.157. The topological polar surface area (TPSA) is 92.5 Å². The van der Waals surface area contributed by atoms with Crippen LogP contribution >= 0.6 is 0 Å². The zero-order valence-corrected chi connectivity index (χ0v) is 9.78. The second-order valence-corrected chi connectivity index (χ2v) is 3.67. The molecule has 2 aromatic carbocycles. The van der Waals surface area contributed by atoms with Gasteiger partial charge in [0.05, 0.1) is 22.5 Å². The number of nitrogens with zero attached hydrogens (tertiary/aromatic N) is 4. The molecular weight excluding hydrogens is 240 g/mol. The van der Waals surface area contributed by atoms with Crippen molar-refractivity contribution in [2.75, 3.05) is 0 Å². The number of rotatable bonds is 2. The van der Waals surface area contributed by atoms with Crippen molar-refractivity contribution >= 4 is 11.4 Å². The van der Waals surface area contributed by atoms with Gasteiger partial charge < -0.3 is 5.11 Å². The molecule has 0 aliphatic rings. The Kier molecular flexibility index (Phi) is 3.51. The van der Waals surface area contributed by atoms with Crippen molar-refractivity contribution in [2.45, 2.75) is 0 Å². The standard InChI is InChI=1S/C14H8N4O/c15-8-10-1-2-13(7-11(10)9-16)18-17-12-3-5-14(19)6-4-12/h1-7,19H. The lowest BCUT2D eigenvalue weighted by atomic mass is 10.1. The van der Waals surface area contributed by atoms with Crippen LogP contribution in [0.4, 0.5) is 11.4 Å². The lowest BCUT2D eigenvalue weighted by Gasteiger charge is -1.96. The van der Waals surface area contributed by atoms with Gasteiger partial charge in [0.1, 0.15) is 17.9 Å². The van der Waals surface area contributed by atoms with Crippen LogP contribution in [0.3, 0.4) is 0 Å². The molecule has 5 nitrogen and oxygen atoms in total. The summed E-state index contributed by atoms with van der Waals surface area (Å²) in [5.74, 6) is 0.157. The van der Waals surface area contributed by atoms with E-state index in [4.69, 9.17) is 15.6 Å². The maximum atomic E-state index is 9.13. The van der Waals surface area contributed by atoms with Gasteiger partial charge in [0.2, 0.25) is 0 Å². The molecule has 0 bridgehead atoms. The van der Waals surface area contributed by atoms with Crippen molar-refractivity contribution in [2.24, 2.45) is 10.2 Å². The molecule has 90 valence electrons. The molecule has 0 saturated carbocycles. The lowest BCUT2D eigenvalue weighted by molar-refractivity contribution is 0.475.